The third kappa shape index (κ3) is 3.19. The maximum atomic E-state index is 13.1. The Morgan fingerprint density at radius 1 is 1.07 bits per heavy atom. The first kappa shape index (κ1) is 18.7. The molecule has 4 rings (SSSR count). The van der Waals surface area contributed by atoms with Gasteiger partial charge >= 0.3 is 12.0 Å². The number of carbonyl (C=O) groups excluding carboxylic acids is 2. The third-order valence-corrected chi connectivity index (χ3v) is 5.83. The number of rotatable bonds is 2. The van der Waals surface area contributed by atoms with E-state index in [4.69, 9.17) is 4.99 Å². The molecule has 7 heteroatoms. The lowest BCUT2D eigenvalue weighted by Crippen LogP contribution is -2.62. The van der Waals surface area contributed by atoms with Gasteiger partial charge in [-0.3, -0.25) is 19.2 Å². The minimum Gasteiger partial charge on any atom is -0.270 e. The minimum atomic E-state index is -0.550. The van der Waals surface area contributed by atoms with Crippen molar-refractivity contribution in [1.82, 2.24) is 14.7 Å². The smallest absolute Gasteiger partial charge is 0.270 e. The Hall–Kier alpha value is -2.70. The molecule has 0 bridgehead atoms. The molecule has 148 valence electrons. The fraction of sp³-hybridized carbons (Fsp3) is 0.524. The van der Waals surface area contributed by atoms with E-state index < -0.39 is 6.04 Å². The van der Waals surface area contributed by atoms with E-state index in [0.29, 0.717) is 12.4 Å². The highest BCUT2D eigenvalue weighted by Gasteiger charge is 2.55. The predicted octanol–water partition coefficient (Wildman–Crippen LogP) is 2.04. The van der Waals surface area contributed by atoms with Crippen molar-refractivity contribution >= 4 is 23.7 Å². The second kappa shape index (κ2) is 7.37. The standard InChI is InChI=1S/C21H28N5O2/c1-15-9-8-10-16(13-15)14-26-17-18(23(2)21(28)24(3)19(17)27)22-20(26)25-11-6-4-5-7-12-25/h8-10,13,17H,4-7,11-12,14H2,1-3H3/q+1. The highest BCUT2D eigenvalue weighted by Crippen LogP contribution is 2.25. The van der Waals surface area contributed by atoms with Gasteiger partial charge in [-0.15, -0.1) is 0 Å². The van der Waals surface area contributed by atoms with Gasteiger partial charge in [0, 0.05) is 14.1 Å². The maximum absolute atomic E-state index is 13.1. The monoisotopic (exact) mass is 382 g/mol. The second-order valence-electron chi connectivity index (χ2n) is 7.93. The van der Waals surface area contributed by atoms with Crippen molar-refractivity contribution < 1.29 is 14.2 Å². The molecule has 3 aliphatic heterocycles. The summed E-state index contributed by atoms with van der Waals surface area (Å²) in [6.45, 7) is 4.53. The van der Waals surface area contributed by atoms with Crippen LogP contribution in [0.25, 0.3) is 0 Å². The lowest BCUT2D eigenvalue weighted by Gasteiger charge is -2.33. The molecule has 2 saturated heterocycles. The van der Waals surface area contributed by atoms with Gasteiger partial charge in [0.05, 0.1) is 19.6 Å². The lowest BCUT2D eigenvalue weighted by molar-refractivity contribution is -0.531. The molecule has 0 N–H and O–H groups in total. The Kier molecular flexibility index (Phi) is 4.91. The van der Waals surface area contributed by atoms with Crippen LogP contribution < -0.4 is 0 Å². The van der Waals surface area contributed by atoms with E-state index >= 15 is 0 Å². The van der Waals surface area contributed by atoms with E-state index in [1.165, 1.54) is 28.2 Å². The summed E-state index contributed by atoms with van der Waals surface area (Å²) >= 11 is 0. The fourth-order valence-electron chi connectivity index (χ4n) is 4.28. The summed E-state index contributed by atoms with van der Waals surface area (Å²) in [4.78, 5) is 35.1. The number of hydrogen-bond donors (Lipinski definition) is 0. The minimum absolute atomic E-state index is 0.209. The number of fused-ring (bicyclic) bond motifs is 1. The number of aryl methyl sites for hydroxylation is 1. The second-order valence-corrected chi connectivity index (χ2v) is 7.93. The first-order valence-corrected chi connectivity index (χ1v) is 10.1. The molecule has 1 aromatic rings. The van der Waals surface area contributed by atoms with Crippen molar-refractivity contribution in [1.29, 1.82) is 0 Å². The van der Waals surface area contributed by atoms with Crippen molar-refractivity contribution in [2.45, 2.75) is 45.2 Å². The maximum Gasteiger partial charge on any atom is 0.392 e. The van der Waals surface area contributed by atoms with Crippen LogP contribution in [-0.2, 0) is 11.3 Å². The van der Waals surface area contributed by atoms with Gasteiger partial charge in [-0.2, -0.15) is 0 Å². The molecule has 3 aliphatic rings. The van der Waals surface area contributed by atoms with E-state index in [2.05, 4.69) is 34.6 Å². The Labute approximate surface area is 165 Å². The number of guanidine groups is 1. The quantitative estimate of drug-likeness (QED) is 0.736. The number of hydrogen-bond acceptors (Lipinski definition) is 2. The molecule has 7 nitrogen and oxygen atoms in total. The van der Waals surface area contributed by atoms with Crippen LogP contribution in [0.2, 0.25) is 0 Å². The van der Waals surface area contributed by atoms with Crippen LogP contribution in [0.15, 0.2) is 29.3 Å². The molecule has 3 heterocycles. The number of benzene rings is 1. The topological polar surface area (TPSA) is 59.2 Å². The fourth-order valence-corrected chi connectivity index (χ4v) is 4.28. The Bertz CT molecular complexity index is 865. The number of nitrogens with zero attached hydrogens (tertiary/aromatic N) is 5. The first-order valence-electron chi connectivity index (χ1n) is 10.1. The molecule has 1 aromatic carbocycles. The molecular weight excluding hydrogens is 354 g/mol. The Morgan fingerprint density at radius 3 is 2.46 bits per heavy atom. The molecular formula is C21H28N5O2+. The SMILES string of the molecule is Cc1cccc(CN2C(=[N+]3CCCCCC3)N=C3C2C(=O)N(C)C(=O)N3C)c1. The van der Waals surface area contributed by atoms with Crippen LogP contribution in [0.5, 0.6) is 0 Å². The van der Waals surface area contributed by atoms with E-state index in [-0.39, 0.29) is 11.9 Å². The van der Waals surface area contributed by atoms with E-state index in [9.17, 15) is 9.59 Å². The molecule has 3 amide bonds. The van der Waals surface area contributed by atoms with Gasteiger partial charge < -0.3 is 0 Å². The summed E-state index contributed by atoms with van der Waals surface area (Å²) in [6.07, 6.45) is 4.70. The summed E-state index contributed by atoms with van der Waals surface area (Å²) in [5.74, 6) is 1.16. The average Bonchev–Trinajstić information content (AvgIpc) is 2.86. The number of aliphatic imine (C=N–C) groups is 1. The zero-order valence-corrected chi connectivity index (χ0v) is 16.9. The number of amidine groups is 1. The van der Waals surface area contributed by atoms with Gasteiger partial charge in [0.15, 0.2) is 0 Å². The summed E-state index contributed by atoms with van der Waals surface area (Å²) in [7, 11) is 3.25. The molecule has 28 heavy (non-hydrogen) atoms. The number of urea groups is 1. The van der Waals surface area contributed by atoms with Crippen molar-refractivity contribution in [3.8, 4) is 0 Å². The van der Waals surface area contributed by atoms with E-state index in [1.54, 1.807) is 14.1 Å². The normalized spacial score (nSPS) is 23.2. The number of carbonyl (C=O) groups is 2. The largest absolute Gasteiger partial charge is 0.392 e. The van der Waals surface area contributed by atoms with Crippen molar-refractivity contribution in [2.75, 3.05) is 27.2 Å². The van der Waals surface area contributed by atoms with Crippen molar-refractivity contribution in [3.63, 3.8) is 0 Å². The molecule has 0 spiro atoms. The van der Waals surface area contributed by atoms with Gasteiger partial charge in [0.1, 0.15) is 0 Å². The van der Waals surface area contributed by atoms with Crippen LogP contribution in [-0.4, -0.2) is 76.2 Å². The third-order valence-electron chi connectivity index (χ3n) is 5.83. The van der Waals surface area contributed by atoms with Crippen LogP contribution in [0, 0.1) is 6.92 Å². The molecule has 1 atom stereocenters. The van der Waals surface area contributed by atoms with Gasteiger partial charge in [-0.25, -0.2) is 9.69 Å². The van der Waals surface area contributed by atoms with Crippen LogP contribution in [0.4, 0.5) is 4.79 Å². The van der Waals surface area contributed by atoms with Gasteiger partial charge in [0.2, 0.25) is 11.9 Å². The van der Waals surface area contributed by atoms with Crippen molar-refractivity contribution in [2.24, 2.45) is 4.99 Å². The number of likely N-dealkylation sites (N-methyl/N-ethyl adjacent to an activating group) is 2. The average molecular weight is 382 g/mol. The molecule has 0 aliphatic carbocycles. The van der Waals surface area contributed by atoms with Gasteiger partial charge in [-0.1, -0.05) is 47.7 Å². The Balaban J connectivity index is 1.78. The molecule has 0 saturated carbocycles. The van der Waals surface area contributed by atoms with E-state index in [1.807, 2.05) is 6.07 Å². The number of imide groups is 1. The lowest BCUT2D eigenvalue weighted by atomic mass is 10.1. The first-order chi connectivity index (χ1) is 13.5. The predicted molar refractivity (Wildman–Crippen MR) is 107 cm³/mol. The zero-order valence-electron chi connectivity index (χ0n) is 16.9. The van der Waals surface area contributed by atoms with Crippen LogP contribution >= 0.6 is 0 Å². The van der Waals surface area contributed by atoms with E-state index in [0.717, 1.165) is 37.5 Å². The molecule has 0 aromatic heterocycles. The van der Waals surface area contributed by atoms with Crippen LogP contribution in [0.1, 0.15) is 36.8 Å². The summed E-state index contributed by atoms with van der Waals surface area (Å²) in [5.41, 5.74) is 2.33. The zero-order chi connectivity index (χ0) is 19.8. The molecule has 1 unspecified atom stereocenters. The Morgan fingerprint density at radius 2 is 1.79 bits per heavy atom. The molecule has 2 fully saturated rings. The summed E-state index contributed by atoms with van der Waals surface area (Å²) in [5, 5.41) is 0. The van der Waals surface area contributed by atoms with Crippen LogP contribution in [0.3, 0.4) is 0 Å². The number of amides is 3. The van der Waals surface area contributed by atoms with Gasteiger partial charge in [-0.05, 0) is 25.3 Å². The van der Waals surface area contributed by atoms with Gasteiger partial charge in [0.25, 0.3) is 5.91 Å². The highest BCUT2D eigenvalue weighted by atomic mass is 16.2. The summed E-state index contributed by atoms with van der Waals surface area (Å²) < 4.78 is 2.29. The highest BCUT2D eigenvalue weighted by molar-refractivity contribution is 6.25. The molecule has 0 radical (unpaired) electrons. The van der Waals surface area contributed by atoms with Crippen molar-refractivity contribution in [3.05, 3.63) is 35.4 Å². The summed E-state index contributed by atoms with van der Waals surface area (Å²) in [6, 6.07) is 7.46.